The van der Waals surface area contributed by atoms with E-state index >= 15 is 0 Å². The number of benzene rings is 1. The molecule has 76 valence electrons. The van der Waals surface area contributed by atoms with E-state index in [0.29, 0.717) is 5.75 Å². The maximum atomic E-state index is 9.54. The normalized spacial score (nSPS) is 11.0. The summed E-state index contributed by atoms with van der Waals surface area (Å²) in [6, 6.07) is 5.84. The van der Waals surface area contributed by atoms with E-state index in [9.17, 15) is 5.11 Å². The summed E-state index contributed by atoms with van der Waals surface area (Å²) < 4.78 is 0. The Morgan fingerprint density at radius 1 is 1.36 bits per heavy atom. The maximum absolute atomic E-state index is 9.54. The zero-order chi connectivity index (χ0) is 10.4. The zero-order valence-corrected chi connectivity index (χ0v) is 8.96. The van der Waals surface area contributed by atoms with Crippen LogP contribution in [0.2, 0.25) is 0 Å². The van der Waals surface area contributed by atoms with Crippen molar-refractivity contribution in [1.82, 2.24) is 0 Å². The molecule has 0 bridgehead atoms. The summed E-state index contributed by atoms with van der Waals surface area (Å²) in [5.41, 5.74) is 2.22. The minimum atomic E-state index is 0.364. The summed E-state index contributed by atoms with van der Waals surface area (Å²) in [4.78, 5) is 0. The van der Waals surface area contributed by atoms with Crippen molar-refractivity contribution in [3.05, 3.63) is 35.4 Å². The first-order valence-electron chi connectivity index (χ1n) is 5.22. The Balaban J connectivity index is 2.83. The van der Waals surface area contributed by atoms with Gasteiger partial charge in [0.25, 0.3) is 0 Å². The molecule has 1 N–H and O–H groups in total. The molecular formula is C13H18O. The van der Waals surface area contributed by atoms with Gasteiger partial charge < -0.3 is 5.11 Å². The number of unbranched alkanes of at least 4 members (excludes halogenated alkanes) is 1. The first-order chi connectivity index (χ1) is 6.77. The van der Waals surface area contributed by atoms with Gasteiger partial charge in [-0.05, 0) is 37.5 Å². The fourth-order valence-corrected chi connectivity index (χ4v) is 1.45. The molecule has 0 aliphatic carbocycles. The first kappa shape index (κ1) is 10.8. The number of aryl methyl sites for hydroxylation is 1. The van der Waals surface area contributed by atoms with E-state index in [2.05, 4.69) is 13.0 Å². The summed E-state index contributed by atoms with van der Waals surface area (Å²) in [7, 11) is 0. The average Bonchev–Trinajstić information content (AvgIpc) is 2.19. The maximum Gasteiger partial charge on any atom is 0.122 e. The SMILES string of the molecule is C/C=C/c1cc(CCCC)ccc1O. The lowest BCUT2D eigenvalue weighted by atomic mass is 10.0. The van der Waals surface area contributed by atoms with Crippen molar-refractivity contribution in [2.75, 3.05) is 0 Å². The van der Waals surface area contributed by atoms with E-state index in [1.807, 2.05) is 25.1 Å². The lowest BCUT2D eigenvalue weighted by Crippen LogP contribution is -1.85. The van der Waals surface area contributed by atoms with E-state index in [1.165, 1.54) is 18.4 Å². The van der Waals surface area contributed by atoms with Crippen molar-refractivity contribution < 1.29 is 5.11 Å². The minimum Gasteiger partial charge on any atom is -0.507 e. The van der Waals surface area contributed by atoms with Crippen LogP contribution in [0.25, 0.3) is 6.08 Å². The topological polar surface area (TPSA) is 20.2 Å². The largest absolute Gasteiger partial charge is 0.507 e. The Kier molecular flexibility index (Phi) is 4.24. The lowest BCUT2D eigenvalue weighted by Gasteiger charge is -2.03. The van der Waals surface area contributed by atoms with Crippen molar-refractivity contribution in [3.63, 3.8) is 0 Å². The summed E-state index contributed by atoms with van der Waals surface area (Å²) in [6.45, 7) is 4.14. The number of phenols is 1. The summed E-state index contributed by atoms with van der Waals surface area (Å²) in [5.74, 6) is 0.364. The van der Waals surface area contributed by atoms with Gasteiger partial charge in [-0.15, -0.1) is 0 Å². The second-order valence-electron chi connectivity index (χ2n) is 3.50. The molecule has 0 amide bonds. The predicted molar refractivity (Wildman–Crippen MR) is 61.4 cm³/mol. The lowest BCUT2D eigenvalue weighted by molar-refractivity contribution is 0.473. The van der Waals surface area contributed by atoms with Crippen LogP contribution >= 0.6 is 0 Å². The van der Waals surface area contributed by atoms with Gasteiger partial charge in [0.05, 0.1) is 0 Å². The number of hydrogen-bond acceptors (Lipinski definition) is 1. The molecule has 0 atom stereocenters. The average molecular weight is 190 g/mol. The Hall–Kier alpha value is -1.24. The van der Waals surface area contributed by atoms with Gasteiger partial charge in [0, 0.05) is 5.56 Å². The predicted octanol–water partition coefficient (Wildman–Crippen LogP) is 3.77. The molecule has 0 fully saturated rings. The third kappa shape index (κ3) is 2.91. The summed E-state index contributed by atoms with van der Waals surface area (Å²) in [6.07, 6.45) is 7.39. The van der Waals surface area contributed by atoms with Gasteiger partial charge >= 0.3 is 0 Å². The van der Waals surface area contributed by atoms with Crippen LogP contribution in [0, 0.1) is 0 Å². The minimum absolute atomic E-state index is 0.364. The molecule has 0 aromatic heterocycles. The number of hydrogen-bond donors (Lipinski definition) is 1. The van der Waals surface area contributed by atoms with E-state index in [-0.39, 0.29) is 0 Å². The molecule has 0 unspecified atom stereocenters. The summed E-state index contributed by atoms with van der Waals surface area (Å²) in [5, 5.41) is 9.54. The molecule has 1 aromatic carbocycles. The molecule has 0 aliphatic heterocycles. The van der Waals surface area contributed by atoms with Crippen LogP contribution in [-0.4, -0.2) is 5.11 Å². The quantitative estimate of drug-likeness (QED) is 0.766. The molecule has 1 nitrogen and oxygen atoms in total. The van der Waals surface area contributed by atoms with Gasteiger partial charge in [0.15, 0.2) is 0 Å². The first-order valence-corrected chi connectivity index (χ1v) is 5.22. The number of rotatable bonds is 4. The highest BCUT2D eigenvalue weighted by atomic mass is 16.3. The number of allylic oxidation sites excluding steroid dienone is 1. The second kappa shape index (κ2) is 5.48. The van der Waals surface area contributed by atoms with Gasteiger partial charge in [-0.1, -0.05) is 31.6 Å². The van der Waals surface area contributed by atoms with E-state index < -0.39 is 0 Å². The van der Waals surface area contributed by atoms with Crippen LogP contribution < -0.4 is 0 Å². The van der Waals surface area contributed by atoms with Crippen molar-refractivity contribution in [1.29, 1.82) is 0 Å². The Morgan fingerprint density at radius 3 is 2.79 bits per heavy atom. The molecule has 1 aromatic rings. The van der Waals surface area contributed by atoms with Crippen molar-refractivity contribution >= 4 is 6.08 Å². The van der Waals surface area contributed by atoms with Crippen LogP contribution in [0.4, 0.5) is 0 Å². The highest BCUT2D eigenvalue weighted by Crippen LogP contribution is 2.20. The number of aromatic hydroxyl groups is 1. The smallest absolute Gasteiger partial charge is 0.122 e. The Morgan fingerprint density at radius 2 is 2.14 bits per heavy atom. The molecule has 0 aliphatic rings. The molecular weight excluding hydrogens is 172 g/mol. The molecule has 0 spiro atoms. The van der Waals surface area contributed by atoms with Crippen molar-refractivity contribution in [2.24, 2.45) is 0 Å². The zero-order valence-electron chi connectivity index (χ0n) is 8.96. The van der Waals surface area contributed by atoms with Gasteiger partial charge in [-0.25, -0.2) is 0 Å². The highest BCUT2D eigenvalue weighted by molar-refractivity contribution is 5.57. The summed E-state index contributed by atoms with van der Waals surface area (Å²) >= 11 is 0. The Bertz CT molecular complexity index is 313. The van der Waals surface area contributed by atoms with Crippen molar-refractivity contribution in [3.8, 4) is 5.75 Å². The van der Waals surface area contributed by atoms with Gasteiger partial charge in [0.1, 0.15) is 5.75 Å². The monoisotopic (exact) mass is 190 g/mol. The molecule has 1 rings (SSSR count). The van der Waals surface area contributed by atoms with Crippen molar-refractivity contribution in [2.45, 2.75) is 33.1 Å². The molecule has 0 heterocycles. The van der Waals surface area contributed by atoms with Crippen LogP contribution in [0.15, 0.2) is 24.3 Å². The number of phenolic OH excluding ortho intramolecular Hbond substituents is 1. The molecule has 1 heteroatoms. The highest BCUT2D eigenvalue weighted by Gasteiger charge is 1.99. The van der Waals surface area contributed by atoms with Gasteiger partial charge in [0.2, 0.25) is 0 Å². The van der Waals surface area contributed by atoms with Gasteiger partial charge in [-0.2, -0.15) is 0 Å². The third-order valence-electron chi connectivity index (χ3n) is 2.26. The van der Waals surface area contributed by atoms with Gasteiger partial charge in [-0.3, -0.25) is 0 Å². The van der Waals surface area contributed by atoms with Crippen LogP contribution in [0.5, 0.6) is 5.75 Å². The molecule has 14 heavy (non-hydrogen) atoms. The fourth-order valence-electron chi connectivity index (χ4n) is 1.45. The molecule has 0 saturated heterocycles. The van der Waals surface area contributed by atoms with E-state index in [1.54, 1.807) is 6.07 Å². The second-order valence-corrected chi connectivity index (χ2v) is 3.50. The van der Waals surface area contributed by atoms with Crippen LogP contribution in [0.1, 0.15) is 37.8 Å². The van der Waals surface area contributed by atoms with E-state index in [0.717, 1.165) is 12.0 Å². The standard InChI is InChI=1S/C13H18O/c1-3-5-7-11-8-9-13(14)12(10-11)6-4-2/h4,6,8-10,14H,3,5,7H2,1-2H3/b6-4+. The van der Waals surface area contributed by atoms with Crippen LogP contribution in [-0.2, 0) is 6.42 Å². The van der Waals surface area contributed by atoms with Crippen LogP contribution in [0.3, 0.4) is 0 Å². The molecule has 0 saturated carbocycles. The van der Waals surface area contributed by atoms with E-state index in [4.69, 9.17) is 0 Å². The fraction of sp³-hybridized carbons (Fsp3) is 0.385. The molecule has 0 radical (unpaired) electrons. The Labute approximate surface area is 86.1 Å². The third-order valence-corrected chi connectivity index (χ3v) is 2.26.